The Kier molecular flexibility index (Phi) is 5.53. The van der Waals surface area contributed by atoms with E-state index in [1.165, 1.54) is 0 Å². The van der Waals surface area contributed by atoms with E-state index >= 15 is 0 Å². The molecular weight excluding hydrogens is 466 g/mol. The van der Waals surface area contributed by atoms with Crippen LogP contribution in [0.2, 0.25) is 5.02 Å². The van der Waals surface area contributed by atoms with Crippen molar-refractivity contribution in [3.05, 3.63) is 120 Å². The van der Waals surface area contributed by atoms with Crippen molar-refractivity contribution in [1.82, 2.24) is 10.3 Å². The Hall–Kier alpha value is -4.72. The van der Waals surface area contributed by atoms with E-state index in [4.69, 9.17) is 16.2 Å². The standard InChI is InChI=1S/C31H18ClN3O/c32-29-17-14-21(18-28(29)24-12-5-4-10-22(24)19-33)23-11-6-7-13-26(23)27-16-15-25(20-8-2-1-3-9-20)30-31(27)35-36-34-30/h1-18H. The van der Waals surface area contributed by atoms with Gasteiger partial charge in [-0.1, -0.05) is 103 Å². The van der Waals surface area contributed by atoms with Crippen molar-refractivity contribution >= 4 is 22.6 Å². The molecule has 0 amide bonds. The van der Waals surface area contributed by atoms with Gasteiger partial charge in [-0.15, -0.1) is 0 Å². The lowest BCUT2D eigenvalue weighted by molar-refractivity contribution is 0.315. The number of rotatable bonds is 4. The third-order valence-corrected chi connectivity index (χ3v) is 6.66. The van der Waals surface area contributed by atoms with E-state index in [9.17, 15) is 5.26 Å². The van der Waals surface area contributed by atoms with E-state index in [2.05, 4.69) is 40.6 Å². The van der Waals surface area contributed by atoms with Crippen molar-refractivity contribution < 1.29 is 4.63 Å². The largest absolute Gasteiger partial charge is 0.243 e. The molecule has 6 aromatic rings. The Labute approximate surface area is 213 Å². The van der Waals surface area contributed by atoms with Gasteiger partial charge in [-0.25, -0.2) is 4.63 Å². The second kappa shape index (κ2) is 9.14. The number of aromatic nitrogens is 2. The zero-order valence-electron chi connectivity index (χ0n) is 19.0. The van der Waals surface area contributed by atoms with Gasteiger partial charge < -0.3 is 0 Å². The van der Waals surface area contributed by atoms with Crippen LogP contribution in [0.1, 0.15) is 5.56 Å². The number of halogens is 1. The van der Waals surface area contributed by atoms with E-state index in [1.54, 1.807) is 6.07 Å². The molecule has 4 nitrogen and oxygen atoms in total. The van der Waals surface area contributed by atoms with Crippen LogP contribution in [0.3, 0.4) is 0 Å². The summed E-state index contributed by atoms with van der Waals surface area (Å²) in [4.78, 5) is 0. The average molecular weight is 484 g/mol. The average Bonchev–Trinajstić information content (AvgIpc) is 3.44. The molecule has 36 heavy (non-hydrogen) atoms. The summed E-state index contributed by atoms with van der Waals surface area (Å²) in [5.41, 5.74) is 9.56. The van der Waals surface area contributed by atoms with Crippen molar-refractivity contribution in [2.45, 2.75) is 0 Å². The van der Waals surface area contributed by atoms with Gasteiger partial charge in [-0.3, -0.25) is 0 Å². The molecule has 5 heteroatoms. The third kappa shape index (κ3) is 3.73. The van der Waals surface area contributed by atoms with Crippen LogP contribution < -0.4 is 0 Å². The number of nitriles is 1. The Morgan fingerprint density at radius 3 is 1.97 bits per heavy atom. The molecular formula is C31H18ClN3O. The summed E-state index contributed by atoms with van der Waals surface area (Å²) in [6.45, 7) is 0. The van der Waals surface area contributed by atoms with E-state index in [1.807, 2.05) is 78.9 Å². The lowest BCUT2D eigenvalue weighted by Crippen LogP contribution is -1.90. The number of fused-ring (bicyclic) bond motifs is 1. The van der Waals surface area contributed by atoms with E-state index in [0.717, 1.165) is 44.5 Å². The third-order valence-electron chi connectivity index (χ3n) is 6.33. The molecule has 0 aliphatic rings. The molecule has 0 saturated carbocycles. The van der Waals surface area contributed by atoms with Crippen LogP contribution in [0.25, 0.3) is 55.5 Å². The fraction of sp³-hybridized carbons (Fsp3) is 0. The minimum Gasteiger partial charge on any atom is -0.243 e. The molecule has 0 aliphatic carbocycles. The number of hydrogen-bond donors (Lipinski definition) is 0. The maximum atomic E-state index is 9.62. The molecule has 1 aromatic heterocycles. The summed E-state index contributed by atoms with van der Waals surface area (Å²) < 4.78 is 5.20. The summed E-state index contributed by atoms with van der Waals surface area (Å²) in [5.74, 6) is 0. The van der Waals surface area contributed by atoms with Gasteiger partial charge in [0.05, 0.1) is 11.6 Å². The zero-order chi connectivity index (χ0) is 24.5. The predicted molar refractivity (Wildman–Crippen MR) is 143 cm³/mol. The molecule has 0 saturated heterocycles. The van der Waals surface area contributed by atoms with E-state index < -0.39 is 0 Å². The lowest BCUT2D eigenvalue weighted by atomic mass is 9.90. The van der Waals surface area contributed by atoms with Gasteiger partial charge in [-0.05, 0) is 50.8 Å². The van der Waals surface area contributed by atoms with Crippen molar-refractivity contribution in [2.24, 2.45) is 0 Å². The van der Waals surface area contributed by atoms with Crippen molar-refractivity contribution in [3.8, 4) is 50.6 Å². The Morgan fingerprint density at radius 2 is 1.19 bits per heavy atom. The summed E-state index contributed by atoms with van der Waals surface area (Å²) in [6.07, 6.45) is 0. The van der Waals surface area contributed by atoms with Gasteiger partial charge in [0.25, 0.3) is 0 Å². The summed E-state index contributed by atoms with van der Waals surface area (Å²) in [6, 6.07) is 38.0. The Morgan fingerprint density at radius 1 is 0.556 bits per heavy atom. The van der Waals surface area contributed by atoms with Crippen LogP contribution in [0.5, 0.6) is 0 Å². The molecule has 0 fully saturated rings. The van der Waals surface area contributed by atoms with Crippen LogP contribution >= 0.6 is 11.6 Å². The highest BCUT2D eigenvalue weighted by molar-refractivity contribution is 6.33. The fourth-order valence-electron chi connectivity index (χ4n) is 4.62. The molecule has 170 valence electrons. The molecule has 6 rings (SSSR count). The van der Waals surface area contributed by atoms with Crippen molar-refractivity contribution in [3.63, 3.8) is 0 Å². The van der Waals surface area contributed by atoms with Crippen LogP contribution in [0, 0.1) is 11.3 Å². The Bertz CT molecular complexity index is 1770. The molecule has 5 aromatic carbocycles. The topological polar surface area (TPSA) is 62.7 Å². The Balaban J connectivity index is 1.53. The van der Waals surface area contributed by atoms with Gasteiger partial charge in [0.2, 0.25) is 0 Å². The maximum absolute atomic E-state index is 9.62. The molecule has 0 radical (unpaired) electrons. The van der Waals surface area contributed by atoms with E-state index in [-0.39, 0.29) is 0 Å². The molecule has 0 aliphatic heterocycles. The number of benzene rings is 5. The van der Waals surface area contributed by atoms with Gasteiger partial charge in [0.15, 0.2) is 0 Å². The lowest BCUT2D eigenvalue weighted by Gasteiger charge is -2.14. The molecule has 0 N–H and O–H groups in total. The van der Waals surface area contributed by atoms with Crippen LogP contribution in [0.15, 0.2) is 114 Å². The SMILES string of the molecule is N#Cc1ccccc1-c1cc(-c2ccccc2-c2ccc(-c3ccccc3)c3nonc23)ccc1Cl. The number of hydrogen-bond acceptors (Lipinski definition) is 4. The quantitative estimate of drug-likeness (QED) is 0.252. The molecule has 0 atom stereocenters. The maximum Gasteiger partial charge on any atom is 0.143 e. The monoisotopic (exact) mass is 483 g/mol. The van der Waals surface area contributed by atoms with Gasteiger partial charge in [-0.2, -0.15) is 5.26 Å². The van der Waals surface area contributed by atoms with Gasteiger partial charge >= 0.3 is 0 Å². The first-order chi connectivity index (χ1) is 17.7. The van der Waals surface area contributed by atoms with Gasteiger partial charge in [0, 0.05) is 27.3 Å². The molecule has 0 unspecified atom stereocenters. The first-order valence-electron chi connectivity index (χ1n) is 11.4. The normalized spacial score (nSPS) is 10.9. The van der Waals surface area contributed by atoms with Gasteiger partial charge in [0.1, 0.15) is 11.0 Å². The summed E-state index contributed by atoms with van der Waals surface area (Å²) >= 11 is 6.60. The highest BCUT2D eigenvalue weighted by Gasteiger charge is 2.18. The summed E-state index contributed by atoms with van der Waals surface area (Å²) in [5, 5.41) is 18.7. The minimum absolute atomic E-state index is 0.580. The molecule has 0 spiro atoms. The zero-order valence-corrected chi connectivity index (χ0v) is 19.8. The minimum atomic E-state index is 0.580. The van der Waals surface area contributed by atoms with Crippen LogP contribution in [-0.4, -0.2) is 10.3 Å². The summed E-state index contributed by atoms with van der Waals surface area (Å²) in [7, 11) is 0. The second-order valence-electron chi connectivity index (χ2n) is 8.39. The van der Waals surface area contributed by atoms with Crippen LogP contribution in [-0.2, 0) is 0 Å². The van der Waals surface area contributed by atoms with E-state index in [0.29, 0.717) is 21.6 Å². The van der Waals surface area contributed by atoms with Crippen LogP contribution in [0.4, 0.5) is 0 Å². The number of nitrogens with zero attached hydrogens (tertiary/aromatic N) is 3. The fourth-order valence-corrected chi connectivity index (χ4v) is 4.84. The highest BCUT2D eigenvalue weighted by Crippen LogP contribution is 2.40. The molecule has 0 bridgehead atoms. The van der Waals surface area contributed by atoms with Crippen molar-refractivity contribution in [1.29, 1.82) is 5.26 Å². The second-order valence-corrected chi connectivity index (χ2v) is 8.79. The first kappa shape index (κ1) is 21.8. The predicted octanol–water partition coefficient (Wildman–Crippen LogP) is 8.42. The highest BCUT2D eigenvalue weighted by atomic mass is 35.5. The van der Waals surface area contributed by atoms with Crippen molar-refractivity contribution in [2.75, 3.05) is 0 Å². The first-order valence-corrected chi connectivity index (χ1v) is 11.8. The molecule has 1 heterocycles. The smallest absolute Gasteiger partial charge is 0.143 e.